The van der Waals surface area contributed by atoms with Gasteiger partial charge in [0.05, 0.1) is 25.1 Å². The summed E-state index contributed by atoms with van der Waals surface area (Å²) >= 11 is 0. The van der Waals surface area contributed by atoms with Gasteiger partial charge in [-0.25, -0.2) is 11.0 Å². The quantitative estimate of drug-likeness (QED) is 0.0152. The van der Waals surface area contributed by atoms with E-state index in [1.807, 2.05) is 121 Å². The topological polar surface area (TPSA) is 194 Å². The number of carbonyl (C=O) groups is 4. The van der Waals surface area contributed by atoms with Crippen molar-refractivity contribution in [1.29, 1.82) is 0 Å². The molecular formula is C50H56N4O8. The molecule has 0 aliphatic heterocycles. The maximum absolute atomic E-state index is 13.0. The van der Waals surface area contributed by atoms with Crippen molar-refractivity contribution in [2.45, 2.75) is 83.7 Å². The number of aromatic nitrogens is 2. The molecule has 0 bridgehead atoms. The van der Waals surface area contributed by atoms with Gasteiger partial charge in [0.1, 0.15) is 5.75 Å². The molecule has 0 aliphatic rings. The van der Waals surface area contributed by atoms with E-state index in [0.717, 1.165) is 94.6 Å². The molecule has 2 heterocycles. The van der Waals surface area contributed by atoms with Crippen LogP contribution in [0.15, 0.2) is 121 Å². The van der Waals surface area contributed by atoms with Crippen molar-refractivity contribution in [2.75, 3.05) is 7.11 Å². The van der Waals surface area contributed by atoms with Crippen LogP contribution in [0, 0.1) is 0 Å². The summed E-state index contributed by atoms with van der Waals surface area (Å²) in [5, 5.41) is 26.3. The number of aliphatic hydroxyl groups is 1. The standard InChI is InChI=1S/2C25H28N2O4/c1-31-20-15-13-18(14-16-20)21-17-22(19-9-5-4-6-10-19)26-25(21)23(28)11-7-2-3-8-12-24(29)27-30;28-17-18-12-14-20(15-13-18)22-16-21(19-8-4-3-5-9-19)25(26-22)23(29)10-6-1-2-7-11-24(30)27-31/h4-6,9-10,13-17,26,30H,2-3,7-8,11-12H2,1H3,(H,27,29);3-5,8-9,12-16,26,28,31H,1-2,6-7,10-11,17H2,(H,27,30). The van der Waals surface area contributed by atoms with Crippen LogP contribution in [-0.2, 0) is 16.2 Å². The maximum atomic E-state index is 13.0. The van der Waals surface area contributed by atoms with Crippen LogP contribution in [0.5, 0.6) is 5.75 Å². The van der Waals surface area contributed by atoms with E-state index < -0.39 is 0 Å². The van der Waals surface area contributed by atoms with Crippen molar-refractivity contribution in [2.24, 2.45) is 0 Å². The molecule has 62 heavy (non-hydrogen) atoms. The molecule has 12 nitrogen and oxygen atoms in total. The summed E-state index contributed by atoms with van der Waals surface area (Å²) in [7, 11) is 1.63. The Morgan fingerprint density at radius 2 is 0.887 bits per heavy atom. The molecule has 6 aromatic rings. The predicted molar refractivity (Wildman–Crippen MR) is 240 cm³/mol. The number of benzene rings is 4. The van der Waals surface area contributed by atoms with Crippen LogP contribution in [0.4, 0.5) is 0 Å². The summed E-state index contributed by atoms with van der Waals surface area (Å²) in [6.07, 6.45) is 7.70. The van der Waals surface area contributed by atoms with E-state index in [4.69, 9.17) is 15.2 Å². The Kier molecular flexibility index (Phi) is 18.4. The minimum Gasteiger partial charge on any atom is -0.497 e. The van der Waals surface area contributed by atoms with Crippen LogP contribution >= 0.6 is 0 Å². The molecule has 0 fully saturated rings. The summed E-state index contributed by atoms with van der Waals surface area (Å²) in [4.78, 5) is 54.8. The van der Waals surface area contributed by atoms with Gasteiger partial charge < -0.3 is 19.8 Å². The lowest BCUT2D eigenvalue weighted by molar-refractivity contribution is -0.130. The number of ketones is 2. The van der Waals surface area contributed by atoms with E-state index in [-0.39, 0.29) is 36.4 Å². The third-order valence-electron chi connectivity index (χ3n) is 10.6. The molecule has 12 heteroatoms. The minimum atomic E-state index is -0.380. The Bertz CT molecular complexity index is 2320. The van der Waals surface area contributed by atoms with Gasteiger partial charge in [-0.2, -0.15) is 0 Å². The summed E-state index contributed by atoms with van der Waals surface area (Å²) in [6, 6.07) is 39.1. The number of methoxy groups -OCH3 is 1. The molecule has 0 saturated heterocycles. The number of carbonyl (C=O) groups excluding carboxylic acids is 4. The third-order valence-corrected chi connectivity index (χ3v) is 10.6. The average molecular weight is 841 g/mol. The second-order valence-corrected chi connectivity index (χ2v) is 15.0. The monoisotopic (exact) mass is 840 g/mol. The Morgan fingerprint density at radius 1 is 0.500 bits per heavy atom. The summed E-state index contributed by atoms with van der Waals surface area (Å²) < 4.78 is 5.25. The number of aromatic amines is 2. The molecule has 7 N–H and O–H groups in total. The zero-order valence-electron chi connectivity index (χ0n) is 35.1. The number of hydrogen-bond donors (Lipinski definition) is 7. The van der Waals surface area contributed by atoms with Crippen LogP contribution in [0.25, 0.3) is 44.8 Å². The molecule has 2 amide bonds. The SMILES string of the molecule is COc1ccc(-c2cc(-c3ccccc3)[nH]c2C(=O)CCCCCCC(=O)NO)cc1.O=C(CCCCCCC(=O)c1[nH]c(-c2ccc(CO)cc2)cc1-c1ccccc1)NO. The second kappa shape index (κ2) is 24.6. The first-order valence-electron chi connectivity index (χ1n) is 21.1. The molecule has 2 aromatic heterocycles. The summed E-state index contributed by atoms with van der Waals surface area (Å²) in [5.41, 5.74) is 12.8. The van der Waals surface area contributed by atoms with Crippen molar-refractivity contribution in [3.63, 3.8) is 0 Å². The van der Waals surface area contributed by atoms with Crippen molar-refractivity contribution < 1.29 is 39.4 Å². The van der Waals surface area contributed by atoms with Crippen LogP contribution < -0.4 is 15.7 Å². The normalized spacial score (nSPS) is 10.7. The molecule has 0 spiro atoms. The smallest absolute Gasteiger partial charge is 0.243 e. The highest BCUT2D eigenvalue weighted by atomic mass is 16.5. The number of aliphatic hydroxyl groups excluding tert-OH is 1. The van der Waals surface area contributed by atoms with Gasteiger partial charge in [-0.1, -0.05) is 123 Å². The summed E-state index contributed by atoms with van der Waals surface area (Å²) in [6.45, 7) is -0.00528. The van der Waals surface area contributed by atoms with E-state index >= 15 is 0 Å². The Morgan fingerprint density at radius 3 is 1.31 bits per heavy atom. The highest BCUT2D eigenvalue weighted by Crippen LogP contribution is 2.33. The highest BCUT2D eigenvalue weighted by Gasteiger charge is 2.19. The van der Waals surface area contributed by atoms with Gasteiger partial charge in [0.25, 0.3) is 0 Å². The molecule has 0 atom stereocenters. The van der Waals surface area contributed by atoms with Crippen LogP contribution in [0.2, 0.25) is 0 Å². The third kappa shape index (κ3) is 13.7. The first-order valence-corrected chi connectivity index (χ1v) is 21.1. The molecule has 6 rings (SSSR count). The van der Waals surface area contributed by atoms with Gasteiger partial charge in [-0.3, -0.25) is 29.6 Å². The largest absolute Gasteiger partial charge is 0.497 e. The fraction of sp³-hybridized carbons (Fsp3) is 0.280. The predicted octanol–water partition coefficient (Wildman–Crippen LogP) is 10.3. The van der Waals surface area contributed by atoms with Gasteiger partial charge in [0.15, 0.2) is 11.6 Å². The lowest BCUT2D eigenvalue weighted by atomic mass is 10.0. The van der Waals surface area contributed by atoms with Crippen LogP contribution in [0.1, 0.15) is 104 Å². The first-order chi connectivity index (χ1) is 30.2. The van der Waals surface area contributed by atoms with Crippen molar-refractivity contribution >= 4 is 23.4 Å². The maximum Gasteiger partial charge on any atom is 0.243 e. The number of hydroxylamine groups is 2. The Balaban J connectivity index is 0.000000234. The molecular weight excluding hydrogens is 785 g/mol. The van der Waals surface area contributed by atoms with Gasteiger partial charge >= 0.3 is 0 Å². The zero-order chi connectivity index (χ0) is 44.1. The number of rotatable bonds is 22. The molecule has 0 aliphatic carbocycles. The van der Waals surface area contributed by atoms with E-state index in [1.54, 1.807) is 18.1 Å². The number of amides is 2. The van der Waals surface area contributed by atoms with Crippen molar-refractivity contribution in [1.82, 2.24) is 20.9 Å². The molecule has 4 aromatic carbocycles. The second-order valence-electron chi connectivity index (χ2n) is 15.0. The van der Waals surface area contributed by atoms with Crippen molar-refractivity contribution in [3.05, 3.63) is 138 Å². The summed E-state index contributed by atoms with van der Waals surface area (Å²) in [5.74, 6) is 0.145. The fourth-order valence-corrected chi connectivity index (χ4v) is 7.12. The van der Waals surface area contributed by atoms with Crippen LogP contribution in [0.3, 0.4) is 0 Å². The van der Waals surface area contributed by atoms with E-state index in [0.29, 0.717) is 43.5 Å². The highest BCUT2D eigenvalue weighted by molar-refractivity contribution is 6.03. The van der Waals surface area contributed by atoms with E-state index in [1.165, 1.54) is 0 Å². The van der Waals surface area contributed by atoms with Gasteiger partial charge in [0.2, 0.25) is 11.8 Å². The molecule has 0 unspecified atom stereocenters. The number of nitrogens with one attached hydrogen (secondary N) is 4. The number of unbranched alkanes of at least 4 members (excludes halogenated alkanes) is 6. The molecule has 324 valence electrons. The molecule has 0 saturated carbocycles. The fourth-order valence-electron chi connectivity index (χ4n) is 7.12. The lowest BCUT2D eigenvalue weighted by Crippen LogP contribution is -2.17. The zero-order valence-corrected chi connectivity index (χ0v) is 35.1. The van der Waals surface area contributed by atoms with Crippen LogP contribution in [-0.4, -0.2) is 56.0 Å². The molecule has 0 radical (unpaired) electrons. The average Bonchev–Trinajstić information content (AvgIpc) is 3.98. The number of ether oxygens (including phenoxy) is 1. The minimum absolute atomic E-state index is 0.00528. The van der Waals surface area contributed by atoms with Gasteiger partial charge in [0, 0.05) is 48.2 Å². The van der Waals surface area contributed by atoms with Gasteiger partial charge in [-0.15, -0.1) is 0 Å². The number of hydrogen-bond acceptors (Lipinski definition) is 8. The Hall–Kier alpha value is -6.60. The first kappa shape index (κ1) is 46.5. The van der Waals surface area contributed by atoms with Gasteiger partial charge in [-0.05, 0) is 77.8 Å². The van der Waals surface area contributed by atoms with E-state index in [9.17, 15) is 24.3 Å². The van der Waals surface area contributed by atoms with Crippen molar-refractivity contribution in [3.8, 4) is 50.5 Å². The lowest BCUT2D eigenvalue weighted by Gasteiger charge is -2.06. The Labute approximate surface area is 362 Å². The number of H-pyrrole nitrogens is 2. The van der Waals surface area contributed by atoms with E-state index in [2.05, 4.69) is 9.97 Å². The number of Topliss-reactive ketones (excluding diaryl/α,β-unsaturated/α-hetero) is 2.